The van der Waals surface area contributed by atoms with Gasteiger partial charge in [-0.25, -0.2) is 8.42 Å². The maximum absolute atomic E-state index is 11.5. The number of hydrogen-bond acceptors (Lipinski definition) is 3. The first kappa shape index (κ1) is 14.9. The highest BCUT2D eigenvalue weighted by molar-refractivity contribution is 7.91. The summed E-state index contributed by atoms with van der Waals surface area (Å²) in [5, 5.41) is 3.17. The second kappa shape index (κ2) is 8.11. The van der Waals surface area contributed by atoms with Gasteiger partial charge in [0.15, 0.2) is 9.84 Å². The summed E-state index contributed by atoms with van der Waals surface area (Å²) in [6, 6.07) is 0. The van der Waals surface area contributed by atoms with Crippen LogP contribution in [-0.4, -0.2) is 33.0 Å². The van der Waals surface area contributed by atoms with Crippen LogP contribution < -0.4 is 5.32 Å². The molecular formula is C11H25NO2S. The van der Waals surface area contributed by atoms with Crippen molar-refractivity contribution in [1.29, 1.82) is 0 Å². The third-order valence-corrected chi connectivity index (χ3v) is 4.13. The molecule has 0 heterocycles. The van der Waals surface area contributed by atoms with Crippen molar-refractivity contribution in [2.24, 2.45) is 5.92 Å². The van der Waals surface area contributed by atoms with Gasteiger partial charge < -0.3 is 5.32 Å². The average Bonchev–Trinajstić information content (AvgIpc) is 2.08. The van der Waals surface area contributed by atoms with E-state index in [2.05, 4.69) is 12.2 Å². The standard InChI is InChI=1S/C11H25NO2S/c1-4-5-6-7-12-8-9-15(13,14)10-11(2)3/h11-12H,4-10H2,1-3H3. The van der Waals surface area contributed by atoms with E-state index < -0.39 is 9.84 Å². The molecule has 0 aliphatic rings. The van der Waals surface area contributed by atoms with Crippen molar-refractivity contribution < 1.29 is 8.42 Å². The second-order valence-corrected chi connectivity index (χ2v) is 6.69. The minimum atomic E-state index is -2.84. The Hall–Kier alpha value is -0.0900. The summed E-state index contributed by atoms with van der Waals surface area (Å²) in [6.45, 7) is 7.56. The molecule has 1 N–H and O–H groups in total. The molecule has 92 valence electrons. The lowest BCUT2D eigenvalue weighted by molar-refractivity contribution is 0.574. The highest BCUT2D eigenvalue weighted by Crippen LogP contribution is 1.99. The molecule has 0 radical (unpaired) electrons. The zero-order valence-electron chi connectivity index (χ0n) is 10.3. The highest BCUT2D eigenvalue weighted by Gasteiger charge is 2.11. The fourth-order valence-electron chi connectivity index (χ4n) is 1.44. The monoisotopic (exact) mass is 235 g/mol. The molecule has 0 aromatic rings. The van der Waals surface area contributed by atoms with Gasteiger partial charge in [-0.2, -0.15) is 0 Å². The molecule has 15 heavy (non-hydrogen) atoms. The number of sulfone groups is 1. The second-order valence-electron chi connectivity index (χ2n) is 4.47. The van der Waals surface area contributed by atoms with Gasteiger partial charge in [-0.15, -0.1) is 0 Å². The molecule has 0 atom stereocenters. The van der Waals surface area contributed by atoms with E-state index in [0.717, 1.165) is 13.0 Å². The van der Waals surface area contributed by atoms with E-state index >= 15 is 0 Å². The van der Waals surface area contributed by atoms with Gasteiger partial charge in [-0.1, -0.05) is 33.6 Å². The Morgan fingerprint density at radius 2 is 1.80 bits per heavy atom. The maximum atomic E-state index is 11.5. The Labute approximate surface area is 94.6 Å². The lowest BCUT2D eigenvalue weighted by atomic mass is 10.2. The van der Waals surface area contributed by atoms with Crippen LogP contribution in [0.4, 0.5) is 0 Å². The minimum Gasteiger partial charge on any atom is -0.316 e. The van der Waals surface area contributed by atoms with Crippen LogP contribution in [0.25, 0.3) is 0 Å². The van der Waals surface area contributed by atoms with Gasteiger partial charge in [0, 0.05) is 6.54 Å². The van der Waals surface area contributed by atoms with Crippen molar-refractivity contribution in [3.8, 4) is 0 Å². The fourth-order valence-corrected chi connectivity index (χ4v) is 3.08. The first-order chi connectivity index (χ1) is 6.98. The molecule has 4 heteroatoms. The third kappa shape index (κ3) is 10.2. The Bertz CT molecular complexity index is 235. The highest BCUT2D eigenvalue weighted by atomic mass is 32.2. The van der Waals surface area contributed by atoms with E-state index in [1.165, 1.54) is 12.8 Å². The van der Waals surface area contributed by atoms with Gasteiger partial charge >= 0.3 is 0 Å². The molecule has 0 aromatic heterocycles. The van der Waals surface area contributed by atoms with Crippen LogP contribution in [0.15, 0.2) is 0 Å². The fraction of sp³-hybridized carbons (Fsp3) is 1.00. The van der Waals surface area contributed by atoms with E-state index in [9.17, 15) is 8.42 Å². The smallest absolute Gasteiger partial charge is 0.151 e. The zero-order chi connectivity index (χ0) is 11.7. The molecule has 0 unspecified atom stereocenters. The Morgan fingerprint density at radius 1 is 1.13 bits per heavy atom. The van der Waals surface area contributed by atoms with Crippen LogP contribution >= 0.6 is 0 Å². The predicted octanol–water partition coefficient (Wildman–Crippen LogP) is 1.84. The predicted molar refractivity (Wildman–Crippen MR) is 65.9 cm³/mol. The summed E-state index contributed by atoms with van der Waals surface area (Å²) in [7, 11) is -2.84. The van der Waals surface area contributed by atoms with E-state index in [1.807, 2.05) is 13.8 Å². The normalized spacial score (nSPS) is 12.3. The molecule has 3 nitrogen and oxygen atoms in total. The molecule has 0 bridgehead atoms. The Morgan fingerprint density at radius 3 is 2.33 bits per heavy atom. The van der Waals surface area contributed by atoms with Gasteiger partial charge in [-0.3, -0.25) is 0 Å². The molecule has 0 amide bonds. The molecule has 0 saturated heterocycles. The molecule has 0 spiro atoms. The lowest BCUT2D eigenvalue weighted by Gasteiger charge is -2.07. The van der Waals surface area contributed by atoms with E-state index in [0.29, 0.717) is 12.3 Å². The van der Waals surface area contributed by atoms with Crippen LogP contribution in [0.2, 0.25) is 0 Å². The van der Waals surface area contributed by atoms with Crippen LogP contribution in [0.3, 0.4) is 0 Å². The van der Waals surface area contributed by atoms with E-state index in [-0.39, 0.29) is 11.7 Å². The maximum Gasteiger partial charge on any atom is 0.151 e. The van der Waals surface area contributed by atoms with Gasteiger partial charge in [-0.05, 0) is 18.9 Å². The Balaban J connectivity index is 3.50. The molecule has 0 rings (SSSR count). The van der Waals surface area contributed by atoms with E-state index in [4.69, 9.17) is 0 Å². The van der Waals surface area contributed by atoms with E-state index in [1.54, 1.807) is 0 Å². The molecule has 0 aliphatic heterocycles. The number of rotatable bonds is 9. The van der Waals surface area contributed by atoms with Gasteiger partial charge in [0.1, 0.15) is 0 Å². The van der Waals surface area contributed by atoms with Crippen LogP contribution in [0, 0.1) is 5.92 Å². The summed E-state index contributed by atoms with van der Waals surface area (Å²) in [6.07, 6.45) is 3.56. The SMILES string of the molecule is CCCCCNCCS(=O)(=O)CC(C)C. The number of unbranched alkanes of at least 4 members (excludes halogenated alkanes) is 2. The summed E-state index contributed by atoms with van der Waals surface area (Å²) in [5.41, 5.74) is 0. The topological polar surface area (TPSA) is 46.2 Å². The molecule has 0 saturated carbocycles. The molecular weight excluding hydrogens is 210 g/mol. The van der Waals surface area contributed by atoms with Gasteiger partial charge in [0.25, 0.3) is 0 Å². The Kier molecular flexibility index (Phi) is 8.06. The van der Waals surface area contributed by atoms with Crippen molar-refractivity contribution in [3.05, 3.63) is 0 Å². The van der Waals surface area contributed by atoms with Crippen LogP contribution in [0.5, 0.6) is 0 Å². The van der Waals surface area contributed by atoms with Crippen molar-refractivity contribution >= 4 is 9.84 Å². The molecule has 0 fully saturated rings. The van der Waals surface area contributed by atoms with Crippen molar-refractivity contribution in [2.45, 2.75) is 40.0 Å². The van der Waals surface area contributed by atoms with Crippen LogP contribution in [0.1, 0.15) is 40.0 Å². The first-order valence-electron chi connectivity index (χ1n) is 5.89. The average molecular weight is 235 g/mol. The third-order valence-electron chi connectivity index (χ3n) is 2.13. The molecule has 0 aliphatic carbocycles. The lowest BCUT2D eigenvalue weighted by Crippen LogP contribution is -2.26. The summed E-state index contributed by atoms with van der Waals surface area (Å²) in [5.74, 6) is 0.816. The largest absolute Gasteiger partial charge is 0.316 e. The minimum absolute atomic E-state index is 0.232. The van der Waals surface area contributed by atoms with Crippen molar-refractivity contribution in [3.63, 3.8) is 0 Å². The number of hydrogen-bond donors (Lipinski definition) is 1. The zero-order valence-corrected chi connectivity index (χ0v) is 11.1. The molecule has 0 aromatic carbocycles. The van der Waals surface area contributed by atoms with Gasteiger partial charge in [0.05, 0.1) is 11.5 Å². The summed E-state index contributed by atoms with van der Waals surface area (Å²) >= 11 is 0. The number of nitrogens with one attached hydrogen (secondary N) is 1. The van der Waals surface area contributed by atoms with Gasteiger partial charge in [0.2, 0.25) is 0 Å². The first-order valence-corrected chi connectivity index (χ1v) is 7.71. The van der Waals surface area contributed by atoms with Crippen molar-refractivity contribution in [1.82, 2.24) is 5.32 Å². The van der Waals surface area contributed by atoms with Crippen LogP contribution in [-0.2, 0) is 9.84 Å². The summed E-state index contributed by atoms with van der Waals surface area (Å²) in [4.78, 5) is 0. The summed E-state index contributed by atoms with van der Waals surface area (Å²) < 4.78 is 23.0. The van der Waals surface area contributed by atoms with Crippen molar-refractivity contribution in [2.75, 3.05) is 24.6 Å². The quantitative estimate of drug-likeness (QED) is 0.620.